The van der Waals surface area contributed by atoms with Crippen LogP contribution in [0.5, 0.6) is 0 Å². The van der Waals surface area contributed by atoms with Gasteiger partial charge in [0.2, 0.25) is 0 Å². The first-order valence-corrected chi connectivity index (χ1v) is 12.8. The summed E-state index contributed by atoms with van der Waals surface area (Å²) in [7, 11) is 0. The molecule has 1 unspecified atom stereocenters. The lowest BCUT2D eigenvalue weighted by Gasteiger charge is -2.21. The van der Waals surface area contributed by atoms with Crippen LogP contribution < -0.4 is 5.56 Å². The lowest BCUT2D eigenvalue weighted by Crippen LogP contribution is -2.24. The molecule has 5 rings (SSSR count). The van der Waals surface area contributed by atoms with Gasteiger partial charge in [-0.15, -0.1) is 0 Å². The predicted molar refractivity (Wildman–Crippen MR) is 147 cm³/mol. The van der Waals surface area contributed by atoms with Crippen molar-refractivity contribution in [2.75, 3.05) is 0 Å². The van der Waals surface area contributed by atoms with Crippen molar-refractivity contribution >= 4 is 28.4 Å². The Labute approximate surface area is 214 Å². The number of rotatable bonds is 7. The fourth-order valence-electron chi connectivity index (χ4n) is 4.34. The summed E-state index contributed by atoms with van der Waals surface area (Å²) in [5, 5.41) is 0.468. The van der Waals surface area contributed by atoms with E-state index in [0.717, 1.165) is 16.8 Å². The Morgan fingerprint density at radius 3 is 2.11 bits per heavy atom. The van der Waals surface area contributed by atoms with E-state index in [4.69, 9.17) is 4.98 Å². The van der Waals surface area contributed by atoms with Gasteiger partial charge in [-0.1, -0.05) is 117 Å². The fourth-order valence-corrected chi connectivity index (χ4v) is 5.53. The number of hydrogen-bond donors (Lipinski definition) is 0. The molecule has 0 N–H and O–H groups in total. The standard InChI is InChI=1S/C31H26N2O2S/c1-21(2)24-17-10-12-20-27(24)33-30(35)25-18-9-11-19-26(25)32-31(33)36-29(23-15-7-4-8-16-23)28(34)22-13-5-3-6-14-22/h3-21,29H,1-2H3. The van der Waals surface area contributed by atoms with Crippen LogP contribution in [0.15, 0.2) is 119 Å². The highest BCUT2D eigenvalue weighted by atomic mass is 32.2. The summed E-state index contributed by atoms with van der Waals surface area (Å²) < 4.78 is 1.68. The number of aromatic nitrogens is 2. The molecule has 0 bridgehead atoms. The van der Waals surface area contributed by atoms with Crippen molar-refractivity contribution in [2.24, 2.45) is 0 Å². The number of thioether (sulfide) groups is 1. The Morgan fingerprint density at radius 2 is 1.39 bits per heavy atom. The second-order valence-corrected chi connectivity index (χ2v) is 9.98. The number of carbonyl (C=O) groups excluding carboxylic acids is 1. The SMILES string of the molecule is CC(C)c1ccccc1-n1c(SC(C(=O)c2ccccc2)c2ccccc2)nc2ccccc2c1=O. The molecule has 0 radical (unpaired) electrons. The molecule has 5 heteroatoms. The summed E-state index contributed by atoms with van der Waals surface area (Å²) >= 11 is 1.32. The molecule has 1 aromatic heterocycles. The van der Waals surface area contributed by atoms with Crippen LogP contribution in [0.4, 0.5) is 0 Å². The molecule has 0 aliphatic carbocycles. The molecule has 4 aromatic carbocycles. The van der Waals surface area contributed by atoms with Crippen LogP contribution in [0.2, 0.25) is 0 Å². The Morgan fingerprint density at radius 1 is 0.778 bits per heavy atom. The highest BCUT2D eigenvalue weighted by Gasteiger charge is 2.27. The third-order valence-corrected chi connectivity index (χ3v) is 7.37. The molecule has 0 saturated heterocycles. The van der Waals surface area contributed by atoms with Gasteiger partial charge < -0.3 is 0 Å². The van der Waals surface area contributed by atoms with Gasteiger partial charge in [0.05, 0.1) is 16.6 Å². The van der Waals surface area contributed by atoms with E-state index in [2.05, 4.69) is 13.8 Å². The van der Waals surface area contributed by atoms with E-state index in [1.165, 1.54) is 11.8 Å². The molecule has 4 nitrogen and oxygen atoms in total. The molecule has 0 spiro atoms. The molecule has 0 fully saturated rings. The minimum Gasteiger partial charge on any atom is -0.293 e. The van der Waals surface area contributed by atoms with E-state index in [1.807, 2.05) is 103 Å². The number of ketones is 1. The van der Waals surface area contributed by atoms with E-state index in [0.29, 0.717) is 21.6 Å². The minimum absolute atomic E-state index is 0.0297. The average Bonchev–Trinajstić information content (AvgIpc) is 2.92. The predicted octanol–water partition coefficient (Wildman–Crippen LogP) is 7.23. The van der Waals surface area contributed by atoms with Crippen LogP contribution in [0, 0.1) is 0 Å². The first-order valence-electron chi connectivity index (χ1n) is 12.0. The average molecular weight is 491 g/mol. The van der Waals surface area contributed by atoms with Gasteiger partial charge in [-0.25, -0.2) is 4.98 Å². The van der Waals surface area contributed by atoms with Gasteiger partial charge in [0, 0.05) is 5.56 Å². The Kier molecular flexibility index (Phi) is 6.83. The number of carbonyl (C=O) groups is 1. The molecule has 0 saturated carbocycles. The molecule has 1 heterocycles. The molecule has 5 aromatic rings. The van der Waals surface area contributed by atoms with Crippen LogP contribution in [0.1, 0.15) is 46.5 Å². The van der Waals surface area contributed by atoms with E-state index in [-0.39, 0.29) is 17.3 Å². The molecular weight excluding hydrogens is 464 g/mol. The van der Waals surface area contributed by atoms with Crippen LogP contribution in [-0.2, 0) is 0 Å². The highest BCUT2D eigenvalue weighted by molar-refractivity contribution is 8.00. The number of fused-ring (bicyclic) bond motifs is 1. The zero-order valence-corrected chi connectivity index (χ0v) is 21.0. The molecule has 178 valence electrons. The molecule has 0 aliphatic heterocycles. The van der Waals surface area contributed by atoms with Crippen molar-refractivity contribution in [1.82, 2.24) is 9.55 Å². The van der Waals surface area contributed by atoms with Crippen LogP contribution in [0.25, 0.3) is 16.6 Å². The van der Waals surface area contributed by atoms with Gasteiger partial charge in [-0.05, 0) is 35.2 Å². The summed E-state index contributed by atoms with van der Waals surface area (Å²) in [6.45, 7) is 4.22. The van der Waals surface area contributed by atoms with E-state index in [1.54, 1.807) is 10.6 Å². The third-order valence-electron chi connectivity index (χ3n) is 6.17. The van der Waals surface area contributed by atoms with Crippen LogP contribution in [-0.4, -0.2) is 15.3 Å². The molecule has 1 atom stereocenters. The summed E-state index contributed by atoms with van der Waals surface area (Å²) in [5.74, 6) is 0.172. The van der Waals surface area contributed by atoms with Gasteiger partial charge in [0.1, 0.15) is 5.25 Å². The minimum atomic E-state index is -0.570. The van der Waals surface area contributed by atoms with Crippen molar-refractivity contribution in [3.05, 3.63) is 136 Å². The first-order chi connectivity index (χ1) is 17.5. The molecule has 0 amide bonds. The highest BCUT2D eigenvalue weighted by Crippen LogP contribution is 2.38. The first kappa shape index (κ1) is 23.8. The van der Waals surface area contributed by atoms with Gasteiger partial charge in [0.15, 0.2) is 10.9 Å². The van der Waals surface area contributed by atoms with E-state index < -0.39 is 5.25 Å². The number of nitrogens with zero attached hydrogens (tertiary/aromatic N) is 2. The molecular formula is C31H26N2O2S. The summed E-state index contributed by atoms with van der Waals surface area (Å²) in [5.41, 5.74) is 3.79. The zero-order valence-electron chi connectivity index (χ0n) is 20.2. The Balaban J connectivity index is 1.74. The van der Waals surface area contributed by atoms with Crippen molar-refractivity contribution in [1.29, 1.82) is 0 Å². The Bertz CT molecular complexity index is 1580. The van der Waals surface area contributed by atoms with E-state index in [9.17, 15) is 9.59 Å². The van der Waals surface area contributed by atoms with Gasteiger partial charge in [0.25, 0.3) is 5.56 Å². The lowest BCUT2D eigenvalue weighted by atomic mass is 10.0. The van der Waals surface area contributed by atoms with Crippen LogP contribution in [0.3, 0.4) is 0 Å². The number of hydrogen-bond acceptors (Lipinski definition) is 4. The lowest BCUT2D eigenvalue weighted by molar-refractivity contribution is 0.0989. The fraction of sp³-hybridized carbons (Fsp3) is 0.129. The van der Waals surface area contributed by atoms with Crippen molar-refractivity contribution < 1.29 is 4.79 Å². The van der Waals surface area contributed by atoms with Crippen molar-refractivity contribution in [3.63, 3.8) is 0 Å². The van der Waals surface area contributed by atoms with Gasteiger partial charge >= 0.3 is 0 Å². The smallest absolute Gasteiger partial charge is 0.266 e. The maximum absolute atomic E-state index is 13.9. The summed E-state index contributed by atoms with van der Waals surface area (Å²) in [6.07, 6.45) is 0. The van der Waals surface area contributed by atoms with Crippen molar-refractivity contribution in [3.8, 4) is 5.69 Å². The number of Topliss-reactive ketones (excluding diaryl/α,β-unsaturated/α-hetero) is 1. The van der Waals surface area contributed by atoms with E-state index >= 15 is 0 Å². The van der Waals surface area contributed by atoms with Gasteiger partial charge in [-0.2, -0.15) is 0 Å². The van der Waals surface area contributed by atoms with Gasteiger partial charge in [-0.3, -0.25) is 14.2 Å². The number of benzene rings is 4. The summed E-state index contributed by atoms with van der Waals surface area (Å²) in [4.78, 5) is 32.6. The quantitative estimate of drug-likeness (QED) is 0.137. The zero-order chi connectivity index (χ0) is 25.1. The monoisotopic (exact) mass is 490 g/mol. The molecule has 0 aliphatic rings. The topological polar surface area (TPSA) is 52.0 Å². The second kappa shape index (κ2) is 10.3. The Hall–Kier alpha value is -3.96. The second-order valence-electron chi connectivity index (χ2n) is 8.90. The maximum atomic E-state index is 13.9. The third kappa shape index (κ3) is 4.62. The largest absolute Gasteiger partial charge is 0.293 e. The molecule has 36 heavy (non-hydrogen) atoms. The normalized spacial score (nSPS) is 12.1. The summed E-state index contributed by atoms with van der Waals surface area (Å²) in [6, 6.07) is 34.2. The maximum Gasteiger partial charge on any atom is 0.266 e. The van der Waals surface area contributed by atoms with Crippen molar-refractivity contribution in [2.45, 2.75) is 30.2 Å². The van der Waals surface area contributed by atoms with Crippen LogP contribution >= 0.6 is 11.8 Å². The number of para-hydroxylation sites is 2.